The highest BCUT2D eigenvalue weighted by Crippen LogP contribution is 2.51. The monoisotopic (exact) mass is 498 g/mol. The molecule has 0 bridgehead atoms. The molecule has 2 N–H and O–H groups in total. The van der Waals surface area contributed by atoms with Gasteiger partial charge in [0, 0.05) is 11.1 Å². The van der Waals surface area contributed by atoms with Crippen molar-refractivity contribution in [3.05, 3.63) is 109 Å². The van der Waals surface area contributed by atoms with Gasteiger partial charge in [-0.15, -0.1) is 0 Å². The second-order valence-corrected chi connectivity index (χ2v) is 9.14. The highest BCUT2D eigenvalue weighted by molar-refractivity contribution is 6.12. The van der Waals surface area contributed by atoms with Crippen LogP contribution in [0.5, 0.6) is 23.0 Å². The molecule has 0 aromatic heterocycles. The number of methoxy groups -OCH3 is 2. The van der Waals surface area contributed by atoms with E-state index in [0.29, 0.717) is 33.4 Å². The van der Waals surface area contributed by atoms with Crippen LogP contribution in [0.1, 0.15) is 0 Å². The van der Waals surface area contributed by atoms with Crippen molar-refractivity contribution < 1.29 is 19.7 Å². The Morgan fingerprint density at radius 2 is 0.842 bits per heavy atom. The normalized spacial score (nSPS) is 11.1. The van der Waals surface area contributed by atoms with Gasteiger partial charge in [-0.2, -0.15) is 0 Å². The van der Waals surface area contributed by atoms with Crippen LogP contribution in [0.25, 0.3) is 54.9 Å². The number of ether oxygens (including phenoxy) is 2. The molecule has 6 aromatic carbocycles. The van der Waals surface area contributed by atoms with Crippen LogP contribution in [0.4, 0.5) is 0 Å². The van der Waals surface area contributed by atoms with Crippen LogP contribution in [0, 0.1) is 0 Å². The summed E-state index contributed by atoms with van der Waals surface area (Å²) >= 11 is 0. The maximum Gasteiger partial charge on any atom is 0.135 e. The first kappa shape index (κ1) is 23.4. The molecule has 0 heterocycles. The molecule has 0 aliphatic carbocycles. The fourth-order valence-corrected chi connectivity index (χ4v) is 5.31. The van der Waals surface area contributed by atoms with E-state index in [1.165, 1.54) is 0 Å². The van der Waals surface area contributed by atoms with Gasteiger partial charge in [-0.05, 0) is 57.3 Å². The van der Waals surface area contributed by atoms with E-state index < -0.39 is 0 Å². The lowest BCUT2D eigenvalue weighted by Crippen LogP contribution is -1.94. The average molecular weight is 499 g/mol. The van der Waals surface area contributed by atoms with E-state index in [1.54, 1.807) is 14.2 Å². The SMILES string of the molecule is COc1cccc2c(-c3ccccc3)cc(-c3cc(-c4ccccc4)c4cccc(OC)c4c3O)c(O)c12. The predicted octanol–water partition coefficient (Wildman–Crippen LogP) is 8.42. The van der Waals surface area contributed by atoms with Crippen molar-refractivity contribution in [3.8, 4) is 56.4 Å². The predicted molar refractivity (Wildman–Crippen MR) is 154 cm³/mol. The zero-order valence-electron chi connectivity index (χ0n) is 21.1. The number of hydrogen-bond acceptors (Lipinski definition) is 4. The van der Waals surface area contributed by atoms with Gasteiger partial charge < -0.3 is 19.7 Å². The van der Waals surface area contributed by atoms with Gasteiger partial charge in [0.25, 0.3) is 0 Å². The van der Waals surface area contributed by atoms with Crippen LogP contribution in [0.2, 0.25) is 0 Å². The van der Waals surface area contributed by atoms with Gasteiger partial charge in [-0.1, -0.05) is 84.9 Å². The molecular formula is C34H26O4. The van der Waals surface area contributed by atoms with Crippen molar-refractivity contribution in [2.45, 2.75) is 0 Å². The van der Waals surface area contributed by atoms with Crippen LogP contribution in [0.15, 0.2) is 109 Å². The number of benzene rings is 6. The first-order valence-electron chi connectivity index (χ1n) is 12.4. The lowest BCUT2D eigenvalue weighted by Gasteiger charge is -2.19. The first-order valence-corrected chi connectivity index (χ1v) is 12.4. The third-order valence-corrected chi connectivity index (χ3v) is 7.09. The molecule has 0 unspecified atom stereocenters. The molecule has 38 heavy (non-hydrogen) atoms. The summed E-state index contributed by atoms with van der Waals surface area (Å²) in [7, 11) is 3.18. The minimum atomic E-state index is 0.0423. The van der Waals surface area contributed by atoms with Crippen molar-refractivity contribution in [2.24, 2.45) is 0 Å². The highest BCUT2D eigenvalue weighted by Gasteiger charge is 2.23. The molecule has 0 amide bonds. The average Bonchev–Trinajstić information content (AvgIpc) is 2.98. The molecule has 0 aliphatic heterocycles. The number of rotatable bonds is 5. The molecule has 0 radical (unpaired) electrons. The lowest BCUT2D eigenvalue weighted by atomic mass is 9.88. The van der Waals surface area contributed by atoms with E-state index in [-0.39, 0.29) is 11.5 Å². The quantitative estimate of drug-likeness (QED) is 0.250. The summed E-state index contributed by atoms with van der Waals surface area (Å²) in [6.45, 7) is 0. The van der Waals surface area contributed by atoms with E-state index in [4.69, 9.17) is 9.47 Å². The Kier molecular flexibility index (Phi) is 5.85. The smallest absolute Gasteiger partial charge is 0.135 e. The van der Waals surface area contributed by atoms with E-state index in [2.05, 4.69) is 0 Å². The van der Waals surface area contributed by atoms with E-state index in [0.717, 1.165) is 33.0 Å². The summed E-state index contributed by atoms with van der Waals surface area (Å²) in [5, 5.41) is 26.4. The fraction of sp³-hybridized carbons (Fsp3) is 0.0588. The molecule has 6 aromatic rings. The second-order valence-electron chi connectivity index (χ2n) is 9.14. The lowest BCUT2D eigenvalue weighted by molar-refractivity contribution is 0.415. The maximum absolute atomic E-state index is 11.7. The highest BCUT2D eigenvalue weighted by atomic mass is 16.5. The van der Waals surface area contributed by atoms with Gasteiger partial charge in [0.2, 0.25) is 0 Å². The summed E-state index contributed by atoms with van der Waals surface area (Å²) in [6, 6.07) is 35.4. The van der Waals surface area contributed by atoms with E-state index in [1.807, 2.05) is 109 Å². The molecule has 4 nitrogen and oxygen atoms in total. The minimum Gasteiger partial charge on any atom is -0.507 e. The first-order chi connectivity index (χ1) is 18.6. The number of fused-ring (bicyclic) bond motifs is 2. The standard InChI is InChI=1S/C34H26O4/c1-37-29-17-9-15-23-25(21-11-5-3-6-12-21)19-27(33(35)31(23)29)28-20-26(22-13-7-4-8-14-22)24-16-10-18-30(38-2)32(24)34(28)36/h3-20,35-36H,1-2H3. The summed E-state index contributed by atoms with van der Waals surface area (Å²) in [6.07, 6.45) is 0. The Balaban J connectivity index is 1.77. The molecule has 186 valence electrons. The number of phenols is 2. The summed E-state index contributed by atoms with van der Waals surface area (Å²) in [4.78, 5) is 0. The van der Waals surface area contributed by atoms with Crippen molar-refractivity contribution in [2.75, 3.05) is 14.2 Å². The van der Waals surface area contributed by atoms with Crippen molar-refractivity contribution in [1.29, 1.82) is 0 Å². The van der Waals surface area contributed by atoms with Crippen molar-refractivity contribution in [1.82, 2.24) is 0 Å². The maximum atomic E-state index is 11.7. The Hall–Kier alpha value is -4.96. The summed E-state index contributed by atoms with van der Waals surface area (Å²) < 4.78 is 11.4. The van der Waals surface area contributed by atoms with Crippen LogP contribution >= 0.6 is 0 Å². The van der Waals surface area contributed by atoms with Gasteiger partial charge in [-0.25, -0.2) is 0 Å². The zero-order valence-corrected chi connectivity index (χ0v) is 21.1. The molecule has 0 aliphatic rings. The van der Waals surface area contributed by atoms with Gasteiger partial charge in [-0.3, -0.25) is 0 Å². The molecular weight excluding hydrogens is 472 g/mol. The van der Waals surface area contributed by atoms with Gasteiger partial charge in [0.15, 0.2) is 0 Å². The second kappa shape index (κ2) is 9.49. The van der Waals surface area contributed by atoms with Crippen LogP contribution in [-0.2, 0) is 0 Å². The molecule has 0 saturated heterocycles. The minimum absolute atomic E-state index is 0.0423. The third-order valence-electron chi connectivity index (χ3n) is 7.09. The topological polar surface area (TPSA) is 58.9 Å². The number of aromatic hydroxyl groups is 2. The fourth-order valence-electron chi connectivity index (χ4n) is 5.31. The largest absolute Gasteiger partial charge is 0.507 e. The molecule has 6 rings (SSSR count). The van der Waals surface area contributed by atoms with E-state index in [9.17, 15) is 10.2 Å². The molecule has 0 atom stereocenters. The van der Waals surface area contributed by atoms with Crippen molar-refractivity contribution in [3.63, 3.8) is 0 Å². The molecule has 4 heteroatoms. The third kappa shape index (κ3) is 3.70. The van der Waals surface area contributed by atoms with Gasteiger partial charge in [0.05, 0.1) is 25.0 Å². The van der Waals surface area contributed by atoms with Crippen LogP contribution < -0.4 is 9.47 Å². The van der Waals surface area contributed by atoms with Gasteiger partial charge >= 0.3 is 0 Å². The Bertz CT molecular complexity index is 1660. The van der Waals surface area contributed by atoms with Gasteiger partial charge in [0.1, 0.15) is 23.0 Å². The molecule has 0 saturated carbocycles. The van der Waals surface area contributed by atoms with E-state index >= 15 is 0 Å². The zero-order chi connectivity index (χ0) is 26.2. The number of hydrogen-bond donors (Lipinski definition) is 2. The Morgan fingerprint density at radius 1 is 0.447 bits per heavy atom. The number of phenolic OH excluding ortho intramolecular Hbond substituents is 2. The Morgan fingerprint density at radius 3 is 1.21 bits per heavy atom. The molecule has 0 fully saturated rings. The Labute approximate surface area is 221 Å². The van der Waals surface area contributed by atoms with Crippen LogP contribution in [0.3, 0.4) is 0 Å². The summed E-state index contributed by atoms with van der Waals surface area (Å²) in [5.74, 6) is 1.20. The van der Waals surface area contributed by atoms with Crippen molar-refractivity contribution >= 4 is 21.5 Å². The van der Waals surface area contributed by atoms with Crippen LogP contribution in [-0.4, -0.2) is 24.4 Å². The summed E-state index contributed by atoms with van der Waals surface area (Å²) in [5.41, 5.74) is 4.84. The molecule has 0 spiro atoms.